The van der Waals surface area contributed by atoms with Crippen LogP contribution in [0.4, 0.5) is 5.69 Å². The van der Waals surface area contributed by atoms with Gasteiger partial charge in [-0.1, -0.05) is 54.6 Å². The van der Waals surface area contributed by atoms with Gasteiger partial charge in [0.1, 0.15) is 0 Å². The monoisotopic (exact) mass is 408 g/mol. The van der Waals surface area contributed by atoms with E-state index in [2.05, 4.69) is 26.6 Å². The number of hydrogen-bond donors (Lipinski definition) is 2. The van der Waals surface area contributed by atoms with E-state index in [1.807, 2.05) is 36.4 Å². The Hall–Kier alpha value is -2.92. The quantitative estimate of drug-likeness (QED) is 0.646. The van der Waals surface area contributed by atoms with Gasteiger partial charge in [0.2, 0.25) is 0 Å². The summed E-state index contributed by atoms with van der Waals surface area (Å²) in [5, 5.41) is 5.70. The smallest absolute Gasteiger partial charge is 0.256 e. The number of hydrogen-bond acceptors (Lipinski definition) is 2. The van der Waals surface area contributed by atoms with Gasteiger partial charge in [0, 0.05) is 11.0 Å². The van der Waals surface area contributed by atoms with Crippen LogP contribution in [0.2, 0.25) is 0 Å². The second-order valence-corrected chi connectivity index (χ2v) is 6.50. The van der Waals surface area contributed by atoms with Crippen LogP contribution in [0.5, 0.6) is 0 Å². The Labute approximate surface area is 160 Å². The van der Waals surface area contributed by atoms with Crippen LogP contribution in [0.25, 0.3) is 0 Å². The van der Waals surface area contributed by atoms with Crippen LogP contribution in [-0.2, 0) is 6.54 Å². The Kier molecular flexibility index (Phi) is 5.81. The lowest BCUT2D eigenvalue weighted by Crippen LogP contribution is -2.25. The molecule has 0 aromatic heterocycles. The molecule has 3 aromatic carbocycles. The minimum atomic E-state index is -0.277. The van der Waals surface area contributed by atoms with E-state index in [1.54, 1.807) is 42.5 Å². The summed E-state index contributed by atoms with van der Waals surface area (Å²) in [5.74, 6) is -0.516. The van der Waals surface area contributed by atoms with E-state index in [0.29, 0.717) is 27.8 Å². The fraction of sp³-hybridized carbons (Fsp3) is 0.0476. The van der Waals surface area contributed by atoms with E-state index in [-0.39, 0.29) is 11.8 Å². The van der Waals surface area contributed by atoms with Gasteiger partial charge < -0.3 is 10.6 Å². The Morgan fingerprint density at radius 3 is 2.08 bits per heavy atom. The van der Waals surface area contributed by atoms with Crippen LogP contribution in [0.1, 0.15) is 26.3 Å². The molecule has 0 aliphatic heterocycles. The molecule has 2 N–H and O–H groups in total. The fourth-order valence-electron chi connectivity index (χ4n) is 2.50. The maximum Gasteiger partial charge on any atom is 0.256 e. The second kappa shape index (κ2) is 8.45. The number of para-hydroxylation sites is 1. The summed E-state index contributed by atoms with van der Waals surface area (Å²) in [6.07, 6.45) is 0. The molecule has 3 rings (SSSR count). The van der Waals surface area contributed by atoms with Crippen LogP contribution >= 0.6 is 15.9 Å². The predicted octanol–water partition coefficient (Wildman–Crippen LogP) is 4.63. The molecular formula is C21H17BrN2O2. The molecule has 0 heterocycles. The van der Waals surface area contributed by atoms with Crippen molar-refractivity contribution in [2.75, 3.05) is 5.32 Å². The molecule has 3 aromatic rings. The average Bonchev–Trinajstić information content (AvgIpc) is 2.67. The largest absolute Gasteiger partial charge is 0.348 e. The van der Waals surface area contributed by atoms with E-state index >= 15 is 0 Å². The van der Waals surface area contributed by atoms with Crippen LogP contribution in [0, 0.1) is 0 Å². The van der Waals surface area contributed by atoms with Crippen molar-refractivity contribution in [2.45, 2.75) is 6.54 Å². The Bertz CT molecular complexity index is 926. The molecule has 0 atom stereocenters. The highest BCUT2D eigenvalue weighted by Gasteiger charge is 2.15. The van der Waals surface area contributed by atoms with E-state index in [9.17, 15) is 9.59 Å². The van der Waals surface area contributed by atoms with Gasteiger partial charge in [-0.05, 0) is 45.8 Å². The van der Waals surface area contributed by atoms with Gasteiger partial charge in [-0.3, -0.25) is 9.59 Å². The van der Waals surface area contributed by atoms with E-state index < -0.39 is 0 Å². The molecule has 2 amide bonds. The summed E-state index contributed by atoms with van der Waals surface area (Å²) in [4.78, 5) is 25.1. The first kappa shape index (κ1) is 17.9. The van der Waals surface area contributed by atoms with Gasteiger partial charge in [-0.15, -0.1) is 0 Å². The number of amides is 2. The summed E-state index contributed by atoms with van der Waals surface area (Å²) in [7, 11) is 0. The molecule has 0 aliphatic rings. The number of nitrogens with one attached hydrogen (secondary N) is 2. The third-order valence-corrected chi connectivity index (χ3v) is 4.53. The van der Waals surface area contributed by atoms with Crippen molar-refractivity contribution in [3.63, 3.8) is 0 Å². The zero-order valence-corrected chi connectivity index (χ0v) is 15.5. The third-order valence-electron chi connectivity index (χ3n) is 3.83. The maximum absolute atomic E-state index is 12.6. The molecule has 130 valence electrons. The molecular weight excluding hydrogens is 392 g/mol. The zero-order chi connectivity index (χ0) is 18.4. The summed E-state index contributed by atoms with van der Waals surface area (Å²) in [6, 6.07) is 23.8. The average molecular weight is 409 g/mol. The molecule has 0 aliphatic carbocycles. The minimum absolute atomic E-state index is 0.239. The first-order chi connectivity index (χ1) is 12.6. The summed E-state index contributed by atoms with van der Waals surface area (Å²) in [6.45, 7) is 0.423. The molecule has 0 radical (unpaired) electrons. The number of benzene rings is 3. The molecule has 0 bridgehead atoms. The van der Waals surface area contributed by atoms with Crippen molar-refractivity contribution in [3.05, 3.63) is 100 Å². The first-order valence-electron chi connectivity index (χ1n) is 8.12. The minimum Gasteiger partial charge on any atom is -0.348 e. The van der Waals surface area contributed by atoms with Crippen LogP contribution in [-0.4, -0.2) is 11.8 Å². The highest BCUT2D eigenvalue weighted by atomic mass is 79.9. The van der Waals surface area contributed by atoms with Crippen LogP contribution in [0.3, 0.4) is 0 Å². The van der Waals surface area contributed by atoms with Crippen molar-refractivity contribution >= 4 is 33.4 Å². The number of carbonyl (C=O) groups is 2. The molecule has 5 heteroatoms. The summed E-state index contributed by atoms with van der Waals surface area (Å²) in [5.41, 5.74) is 2.41. The normalized spacial score (nSPS) is 10.2. The van der Waals surface area contributed by atoms with Gasteiger partial charge in [0.15, 0.2) is 0 Å². The molecule has 4 nitrogen and oxygen atoms in total. The lowest BCUT2D eigenvalue weighted by molar-refractivity contribution is 0.0952. The van der Waals surface area contributed by atoms with Crippen molar-refractivity contribution in [1.29, 1.82) is 0 Å². The zero-order valence-electron chi connectivity index (χ0n) is 13.9. The van der Waals surface area contributed by atoms with E-state index in [0.717, 1.165) is 5.56 Å². The van der Waals surface area contributed by atoms with Gasteiger partial charge >= 0.3 is 0 Å². The van der Waals surface area contributed by atoms with Crippen molar-refractivity contribution in [2.24, 2.45) is 0 Å². The van der Waals surface area contributed by atoms with Crippen LogP contribution < -0.4 is 10.6 Å². The highest BCUT2D eigenvalue weighted by Crippen LogP contribution is 2.20. The molecule has 0 unspecified atom stereocenters. The van der Waals surface area contributed by atoms with Gasteiger partial charge in [-0.25, -0.2) is 0 Å². The predicted molar refractivity (Wildman–Crippen MR) is 106 cm³/mol. The highest BCUT2D eigenvalue weighted by molar-refractivity contribution is 9.10. The lowest BCUT2D eigenvalue weighted by atomic mass is 10.1. The maximum atomic E-state index is 12.6. The Balaban J connectivity index is 1.74. The molecule has 26 heavy (non-hydrogen) atoms. The summed E-state index contributed by atoms with van der Waals surface area (Å²) < 4.78 is 0.698. The number of carbonyl (C=O) groups excluding carboxylic acids is 2. The van der Waals surface area contributed by atoms with E-state index in [1.165, 1.54) is 0 Å². The third kappa shape index (κ3) is 4.37. The first-order valence-corrected chi connectivity index (χ1v) is 8.91. The Morgan fingerprint density at radius 1 is 0.731 bits per heavy atom. The molecule has 0 fully saturated rings. The van der Waals surface area contributed by atoms with E-state index in [4.69, 9.17) is 0 Å². The van der Waals surface area contributed by atoms with Crippen LogP contribution in [0.15, 0.2) is 83.3 Å². The van der Waals surface area contributed by atoms with Crippen molar-refractivity contribution < 1.29 is 9.59 Å². The van der Waals surface area contributed by atoms with Crippen molar-refractivity contribution in [1.82, 2.24) is 5.32 Å². The standard InChI is InChI=1S/C21H17BrN2O2/c22-18-12-6-4-10-16(18)21(26)24-19-13-7-5-11-17(19)20(25)23-14-15-8-2-1-3-9-15/h1-13H,14H2,(H,23,25)(H,24,26). The number of rotatable bonds is 5. The summed E-state index contributed by atoms with van der Waals surface area (Å²) >= 11 is 3.37. The molecule has 0 spiro atoms. The number of halogens is 1. The Morgan fingerprint density at radius 2 is 1.35 bits per heavy atom. The van der Waals surface area contributed by atoms with Gasteiger partial charge in [0.05, 0.1) is 16.8 Å². The SMILES string of the molecule is O=C(Nc1ccccc1C(=O)NCc1ccccc1)c1ccccc1Br. The number of anilines is 1. The fourth-order valence-corrected chi connectivity index (χ4v) is 2.96. The molecule has 0 saturated heterocycles. The lowest BCUT2D eigenvalue weighted by Gasteiger charge is -2.12. The van der Waals surface area contributed by atoms with Crippen molar-refractivity contribution in [3.8, 4) is 0 Å². The topological polar surface area (TPSA) is 58.2 Å². The molecule has 0 saturated carbocycles. The van der Waals surface area contributed by atoms with Gasteiger partial charge in [-0.2, -0.15) is 0 Å². The second-order valence-electron chi connectivity index (χ2n) is 5.65. The van der Waals surface area contributed by atoms with Gasteiger partial charge in [0.25, 0.3) is 11.8 Å².